The van der Waals surface area contributed by atoms with Crippen LogP contribution in [0.5, 0.6) is 0 Å². The molecule has 1 heterocycles. The fraction of sp³-hybridized carbons (Fsp3) is 0.333. The van der Waals surface area contributed by atoms with Crippen LogP contribution in [-0.4, -0.2) is 29.7 Å². The smallest absolute Gasteiger partial charge is 0.390 e. The van der Waals surface area contributed by atoms with E-state index in [1.54, 1.807) is 0 Å². The highest BCUT2D eigenvalue weighted by atomic mass is 19.4. The lowest BCUT2D eigenvalue weighted by molar-refractivity contribution is -0.133. The van der Waals surface area contributed by atoms with Crippen LogP contribution in [0.2, 0.25) is 0 Å². The molecule has 0 spiro atoms. The van der Waals surface area contributed by atoms with Gasteiger partial charge in [0.25, 0.3) is 5.91 Å². The molecule has 1 aromatic rings. The van der Waals surface area contributed by atoms with Crippen LogP contribution < -0.4 is 5.32 Å². The van der Waals surface area contributed by atoms with Crippen LogP contribution in [0.1, 0.15) is 27.5 Å². The quantitative estimate of drug-likeness (QED) is 0.852. The maximum atomic E-state index is 11.8. The van der Waals surface area contributed by atoms with Crippen molar-refractivity contribution in [1.82, 2.24) is 5.32 Å². The molecule has 0 unspecified atom stereocenters. The molecule has 5 nitrogen and oxygen atoms in total. The topological polar surface area (TPSA) is 79.5 Å². The number of hydrogen-bond acceptors (Lipinski definition) is 3. The Morgan fingerprint density at radius 3 is 2.35 bits per heavy atom. The van der Waals surface area contributed by atoms with Gasteiger partial charge in [-0.15, -0.1) is 0 Å². The number of rotatable bonds is 4. The lowest BCUT2D eigenvalue weighted by Gasteiger charge is -2.06. The van der Waals surface area contributed by atoms with Crippen LogP contribution >= 0.6 is 0 Å². The lowest BCUT2D eigenvalue weighted by Crippen LogP contribution is -2.27. The highest BCUT2D eigenvalue weighted by Gasteiger charge is 2.27. The van der Waals surface area contributed by atoms with Crippen molar-refractivity contribution in [3.05, 3.63) is 23.7 Å². The molecule has 0 bridgehead atoms. The fourth-order valence-corrected chi connectivity index (χ4v) is 0.980. The summed E-state index contributed by atoms with van der Waals surface area (Å²) >= 11 is 0. The van der Waals surface area contributed by atoms with E-state index in [0.29, 0.717) is 0 Å². The van der Waals surface area contributed by atoms with E-state index in [1.165, 1.54) is 0 Å². The Morgan fingerprint density at radius 2 is 1.88 bits per heavy atom. The Labute approximate surface area is 93.2 Å². The second kappa shape index (κ2) is 4.89. The summed E-state index contributed by atoms with van der Waals surface area (Å²) in [6.07, 6.45) is -5.52. The average molecular weight is 251 g/mol. The second-order valence-corrected chi connectivity index (χ2v) is 3.09. The number of carboxylic acids is 1. The minimum absolute atomic E-state index is 0.343. The van der Waals surface area contributed by atoms with Crippen molar-refractivity contribution in [3.8, 4) is 0 Å². The monoisotopic (exact) mass is 251 g/mol. The first-order valence-electron chi connectivity index (χ1n) is 4.47. The van der Waals surface area contributed by atoms with E-state index >= 15 is 0 Å². The highest BCUT2D eigenvalue weighted by molar-refractivity contribution is 5.93. The van der Waals surface area contributed by atoms with Gasteiger partial charge in [-0.25, -0.2) is 4.79 Å². The van der Waals surface area contributed by atoms with Gasteiger partial charge in [0.15, 0.2) is 5.76 Å². The standard InChI is InChI=1S/C9H8F3NO4/c10-9(11,12)3-4-13-7(14)5-1-2-6(17-5)8(15)16/h1-2H,3-4H2,(H,13,14)(H,15,16). The molecule has 0 aliphatic rings. The van der Waals surface area contributed by atoms with Gasteiger partial charge in [0.1, 0.15) is 0 Å². The molecule has 1 amide bonds. The van der Waals surface area contributed by atoms with Crippen molar-refractivity contribution in [2.75, 3.05) is 6.54 Å². The van der Waals surface area contributed by atoms with Crippen molar-refractivity contribution < 1.29 is 32.3 Å². The summed E-state index contributed by atoms with van der Waals surface area (Å²) in [7, 11) is 0. The van der Waals surface area contributed by atoms with Crippen molar-refractivity contribution in [1.29, 1.82) is 0 Å². The molecule has 0 aromatic carbocycles. The largest absolute Gasteiger partial charge is 0.475 e. The zero-order valence-electron chi connectivity index (χ0n) is 8.37. The fourth-order valence-electron chi connectivity index (χ4n) is 0.980. The van der Waals surface area contributed by atoms with Gasteiger partial charge in [0.2, 0.25) is 5.76 Å². The normalized spacial score (nSPS) is 11.2. The molecular formula is C9H8F3NO4. The molecule has 0 saturated heterocycles. The third-order valence-corrected chi connectivity index (χ3v) is 1.73. The minimum Gasteiger partial charge on any atom is -0.475 e. The highest BCUT2D eigenvalue weighted by Crippen LogP contribution is 2.18. The van der Waals surface area contributed by atoms with E-state index in [-0.39, 0.29) is 5.76 Å². The van der Waals surface area contributed by atoms with Gasteiger partial charge in [-0.2, -0.15) is 13.2 Å². The Morgan fingerprint density at radius 1 is 1.29 bits per heavy atom. The molecule has 1 aromatic heterocycles. The molecule has 0 saturated carbocycles. The summed E-state index contributed by atoms with van der Waals surface area (Å²) in [5, 5.41) is 10.5. The van der Waals surface area contributed by atoms with Gasteiger partial charge in [-0.1, -0.05) is 0 Å². The molecule has 0 aliphatic carbocycles. The van der Waals surface area contributed by atoms with Crippen molar-refractivity contribution >= 4 is 11.9 Å². The Hall–Kier alpha value is -1.99. The summed E-state index contributed by atoms with van der Waals surface area (Å²) < 4.78 is 39.9. The molecule has 1 rings (SSSR count). The number of alkyl halides is 3. The first-order chi connectivity index (χ1) is 7.79. The summed E-state index contributed by atoms with van der Waals surface area (Å²) in [6.45, 7) is -0.592. The minimum atomic E-state index is -4.36. The number of carbonyl (C=O) groups excluding carboxylic acids is 1. The SMILES string of the molecule is O=C(O)c1ccc(C(=O)NCCC(F)(F)F)o1. The molecule has 0 atom stereocenters. The van der Waals surface area contributed by atoms with Crippen LogP contribution in [0.15, 0.2) is 16.5 Å². The van der Waals surface area contributed by atoms with Gasteiger partial charge < -0.3 is 14.8 Å². The molecule has 17 heavy (non-hydrogen) atoms. The lowest BCUT2D eigenvalue weighted by atomic mass is 10.3. The van der Waals surface area contributed by atoms with E-state index in [9.17, 15) is 22.8 Å². The molecule has 2 N–H and O–H groups in total. The number of furan rings is 1. The predicted octanol–water partition coefficient (Wildman–Crippen LogP) is 1.66. The molecule has 0 radical (unpaired) electrons. The number of aromatic carboxylic acids is 1. The van der Waals surface area contributed by atoms with Crippen LogP contribution in [0.3, 0.4) is 0 Å². The maximum Gasteiger partial charge on any atom is 0.390 e. The summed E-state index contributed by atoms with van der Waals surface area (Å²) in [5.41, 5.74) is 0. The Bertz CT molecular complexity index is 424. The number of halogens is 3. The third kappa shape index (κ3) is 4.17. The summed E-state index contributed by atoms with van der Waals surface area (Å²) in [6, 6.07) is 2.12. The number of nitrogens with one attached hydrogen (secondary N) is 1. The number of carboxylic acid groups (broad SMARTS) is 1. The van der Waals surface area contributed by atoms with Crippen molar-refractivity contribution in [3.63, 3.8) is 0 Å². The van der Waals surface area contributed by atoms with Gasteiger partial charge >= 0.3 is 12.1 Å². The zero-order valence-corrected chi connectivity index (χ0v) is 8.37. The third-order valence-electron chi connectivity index (χ3n) is 1.73. The van der Waals surface area contributed by atoms with Crippen LogP contribution in [0.4, 0.5) is 13.2 Å². The molecule has 94 valence electrons. The van der Waals surface area contributed by atoms with Gasteiger partial charge in [0, 0.05) is 6.54 Å². The molecule has 0 aliphatic heterocycles. The van der Waals surface area contributed by atoms with E-state index < -0.39 is 36.8 Å². The maximum absolute atomic E-state index is 11.8. The van der Waals surface area contributed by atoms with Crippen molar-refractivity contribution in [2.45, 2.75) is 12.6 Å². The van der Waals surface area contributed by atoms with Gasteiger partial charge in [-0.05, 0) is 12.1 Å². The van der Waals surface area contributed by atoms with Gasteiger partial charge in [0.05, 0.1) is 6.42 Å². The molecule has 8 heteroatoms. The van der Waals surface area contributed by atoms with E-state index in [4.69, 9.17) is 5.11 Å². The molecule has 0 fully saturated rings. The van der Waals surface area contributed by atoms with Crippen LogP contribution in [0, 0.1) is 0 Å². The zero-order chi connectivity index (χ0) is 13.1. The van der Waals surface area contributed by atoms with Crippen LogP contribution in [0.25, 0.3) is 0 Å². The Kier molecular flexibility index (Phi) is 3.77. The first kappa shape index (κ1) is 13.1. The average Bonchev–Trinajstić information content (AvgIpc) is 2.63. The van der Waals surface area contributed by atoms with E-state index in [0.717, 1.165) is 12.1 Å². The van der Waals surface area contributed by atoms with Crippen LogP contribution in [-0.2, 0) is 0 Å². The molecular weight excluding hydrogens is 243 g/mol. The van der Waals surface area contributed by atoms with Crippen molar-refractivity contribution in [2.24, 2.45) is 0 Å². The predicted molar refractivity (Wildman–Crippen MR) is 48.7 cm³/mol. The Balaban J connectivity index is 2.50. The number of hydrogen-bond donors (Lipinski definition) is 2. The second-order valence-electron chi connectivity index (χ2n) is 3.09. The summed E-state index contributed by atoms with van der Waals surface area (Å²) in [4.78, 5) is 21.6. The first-order valence-corrected chi connectivity index (χ1v) is 4.47. The number of amides is 1. The van der Waals surface area contributed by atoms with Gasteiger partial charge in [-0.3, -0.25) is 4.79 Å². The van der Waals surface area contributed by atoms with E-state index in [2.05, 4.69) is 4.42 Å². The summed E-state index contributed by atoms with van der Waals surface area (Å²) in [5.74, 6) is -3.04. The number of carbonyl (C=O) groups is 2. The van der Waals surface area contributed by atoms with E-state index in [1.807, 2.05) is 5.32 Å².